The quantitative estimate of drug-likeness (QED) is 0.325. The van der Waals surface area contributed by atoms with Gasteiger partial charge in [-0.3, -0.25) is 3.96 Å². The highest BCUT2D eigenvalue weighted by Gasteiger charge is 2.35. The molecule has 0 N–H and O–H groups in total. The molecule has 7 nitrogen and oxygen atoms in total. The van der Waals surface area contributed by atoms with Gasteiger partial charge in [0.25, 0.3) is 0 Å². The van der Waals surface area contributed by atoms with Gasteiger partial charge < -0.3 is 8.59 Å². The van der Waals surface area contributed by atoms with E-state index in [0.717, 1.165) is 36.2 Å². The van der Waals surface area contributed by atoms with Crippen LogP contribution < -0.4 is 0 Å². The number of nitrogens with zero attached hydrogens (tertiary/aromatic N) is 3. The van der Waals surface area contributed by atoms with E-state index in [1.807, 2.05) is 10.0 Å². The van der Waals surface area contributed by atoms with Gasteiger partial charge in [0.15, 0.2) is 12.4 Å². The highest BCUT2D eigenvalue weighted by molar-refractivity contribution is 6.97. The molecule has 0 spiro atoms. The van der Waals surface area contributed by atoms with Crippen LogP contribution in [-0.4, -0.2) is 14.9 Å². The molecule has 6 rings (SSSR count). The Bertz CT molecular complexity index is 1330. The lowest BCUT2D eigenvalue weighted by atomic mass is 9.83. The number of nitroso groups, excluding NO2 is 1. The summed E-state index contributed by atoms with van der Waals surface area (Å²) in [6.45, 7) is 5.02. The molecule has 30 heavy (non-hydrogen) atoms. The molecule has 8 heteroatoms. The van der Waals surface area contributed by atoms with Gasteiger partial charge >= 0.3 is 5.97 Å². The summed E-state index contributed by atoms with van der Waals surface area (Å²) in [4.78, 5) is 28.5. The molecule has 3 aliphatic rings. The lowest BCUT2D eigenvalue weighted by molar-refractivity contribution is -0.148. The van der Waals surface area contributed by atoms with E-state index in [9.17, 15) is 9.70 Å². The van der Waals surface area contributed by atoms with Gasteiger partial charge in [0.2, 0.25) is 6.04 Å². The van der Waals surface area contributed by atoms with Crippen LogP contribution in [0.2, 0.25) is 0 Å². The van der Waals surface area contributed by atoms with Crippen molar-refractivity contribution < 1.29 is 13.4 Å². The van der Waals surface area contributed by atoms with Gasteiger partial charge in [0.1, 0.15) is 11.8 Å². The number of fused-ring (bicyclic) bond motifs is 5. The molecular weight excluding hydrogens is 402 g/mol. The second kappa shape index (κ2) is 6.25. The first-order chi connectivity index (χ1) is 14.6. The zero-order chi connectivity index (χ0) is 20.6. The third-order valence-electron chi connectivity index (χ3n) is 6.62. The van der Waals surface area contributed by atoms with Crippen molar-refractivity contribution in [3.63, 3.8) is 0 Å². The summed E-state index contributed by atoms with van der Waals surface area (Å²) in [6, 6.07) is 2.80. The number of hydrogen-bond acceptors (Lipinski definition) is 7. The second-order valence-electron chi connectivity index (χ2n) is 8.18. The van der Waals surface area contributed by atoms with Crippen LogP contribution in [0, 0.1) is 18.8 Å². The van der Waals surface area contributed by atoms with Gasteiger partial charge in [-0.15, -0.1) is 4.91 Å². The Labute approximate surface area is 176 Å². The Kier molecular flexibility index (Phi) is 3.71. The van der Waals surface area contributed by atoms with Gasteiger partial charge in [0.05, 0.1) is 23.4 Å². The van der Waals surface area contributed by atoms with Gasteiger partial charge in [-0.25, -0.2) is 9.78 Å². The predicted octanol–water partition coefficient (Wildman–Crippen LogP) is 4.81. The fraction of sp³-hybridized carbons (Fsp3) is 0.364. The molecule has 3 aromatic rings. The number of rotatable bonds is 1. The first-order valence-electron chi connectivity index (χ1n) is 10.1. The molecule has 0 saturated carbocycles. The van der Waals surface area contributed by atoms with E-state index in [-0.39, 0.29) is 6.61 Å². The van der Waals surface area contributed by atoms with Crippen molar-refractivity contribution in [2.45, 2.75) is 52.3 Å². The highest BCUT2D eigenvalue weighted by atomic mass is 32.1. The summed E-state index contributed by atoms with van der Waals surface area (Å²) in [7, 11) is 0. The van der Waals surface area contributed by atoms with Gasteiger partial charge in [-0.05, 0) is 72.7 Å². The number of esters is 1. The van der Waals surface area contributed by atoms with Gasteiger partial charge in [-0.2, -0.15) is 0 Å². The molecule has 0 bridgehead atoms. The van der Waals surface area contributed by atoms with Crippen molar-refractivity contribution in [2.75, 3.05) is 0 Å². The lowest BCUT2D eigenvalue weighted by Crippen LogP contribution is -2.20. The first-order valence-corrected chi connectivity index (χ1v) is 10.8. The molecule has 1 atom stereocenters. The molecule has 0 radical (unpaired) electrons. The minimum atomic E-state index is -1.21. The number of pyridine rings is 1. The molecule has 0 amide bonds. The van der Waals surface area contributed by atoms with Crippen LogP contribution in [0.3, 0.4) is 0 Å². The van der Waals surface area contributed by atoms with E-state index in [2.05, 4.69) is 25.1 Å². The molecule has 2 aliphatic heterocycles. The maximum Gasteiger partial charge on any atom is 0.339 e. The zero-order valence-electron chi connectivity index (χ0n) is 16.7. The van der Waals surface area contributed by atoms with Crippen molar-refractivity contribution in [2.24, 2.45) is 5.18 Å². The molecular formula is C22H19N3O4S. The third-order valence-corrected chi connectivity index (χ3v) is 7.40. The van der Waals surface area contributed by atoms with Crippen molar-refractivity contribution in [3.8, 4) is 11.4 Å². The number of carbonyl (C=O) groups is 1. The summed E-state index contributed by atoms with van der Waals surface area (Å²) < 4.78 is 12.9. The maximum atomic E-state index is 12.0. The van der Waals surface area contributed by atoms with E-state index in [0.29, 0.717) is 17.9 Å². The molecule has 0 fully saturated rings. The highest BCUT2D eigenvalue weighted by Crippen LogP contribution is 2.43. The van der Waals surface area contributed by atoms with Gasteiger partial charge in [-0.1, -0.05) is 0 Å². The third kappa shape index (κ3) is 2.31. The number of hydrogen-bond donors (Lipinski definition) is 0. The maximum absolute atomic E-state index is 12.0. The minimum Gasteiger partial charge on any atom is -0.455 e. The molecule has 4 heterocycles. The van der Waals surface area contributed by atoms with Crippen LogP contribution in [0.15, 0.2) is 21.2 Å². The lowest BCUT2D eigenvalue weighted by Gasteiger charge is -2.22. The van der Waals surface area contributed by atoms with Gasteiger partial charge in [0, 0.05) is 16.5 Å². The summed E-state index contributed by atoms with van der Waals surface area (Å²) in [6.07, 6.45) is 3.25. The Morgan fingerprint density at radius 2 is 2.03 bits per heavy atom. The molecule has 0 saturated heterocycles. The summed E-state index contributed by atoms with van der Waals surface area (Å²) in [5, 5.41) is 4.30. The van der Waals surface area contributed by atoms with Crippen LogP contribution >= 0.6 is 11.8 Å². The predicted molar refractivity (Wildman–Crippen MR) is 112 cm³/mol. The van der Waals surface area contributed by atoms with Crippen LogP contribution in [-0.2, 0) is 35.5 Å². The number of ether oxygens (including phenoxy) is 1. The average Bonchev–Trinajstić information content (AvgIpc) is 2.98. The monoisotopic (exact) mass is 421 g/mol. The second-order valence-corrected chi connectivity index (χ2v) is 8.94. The average molecular weight is 421 g/mol. The summed E-state index contributed by atoms with van der Waals surface area (Å²) in [5.41, 5.74) is 9.87. The van der Waals surface area contributed by atoms with Crippen molar-refractivity contribution in [3.05, 3.63) is 56.2 Å². The zero-order valence-corrected chi connectivity index (χ0v) is 17.5. The van der Waals surface area contributed by atoms with E-state index < -0.39 is 12.0 Å². The smallest absolute Gasteiger partial charge is 0.339 e. The Balaban J connectivity index is 1.66. The van der Waals surface area contributed by atoms with Crippen LogP contribution in [0.1, 0.15) is 51.6 Å². The molecule has 1 unspecified atom stereocenters. The minimum absolute atomic E-state index is 0.00982. The summed E-state index contributed by atoms with van der Waals surface area (Å²) in [5.74, 6) is -0.179. The number of aryl methyl sites for hydroxylation is 3. The molecule has 152 valence electrons. The molecule has 2 aromatic heterocycles. The Hall–Kier alpha value is -3.00. The molecule has 1 aromatic carbocycles. The number of cyclic esters (lactones) is 1. The van der Waals surface area contributed by atoms with Crippen molar-refractivity contribution >= 4 is 28.7 Å². The SMILES string of the molecule is Cc1cc2nc3c(c4c2c(c1C)CCC4)Cn1soc2c(cc1-3)C(N=O)C(=O)OC2. The summed E-state index contributed by atoms with van der Waals surface area (Å²) >= 11 is 1.20. The van der Waals surface area contributed by atoms with Crippen LogP contribution in [0.4, 0.5) is 0 Å². The van der Waals surface area contributed by atoms with E-state index in [1.165, 1.54) is 45.0 Å². The Morgan fingerprint density at radius 1 is 1.20 bits per heavy atom. The number of benzene rings is 1. The topological polar surface area (TPSA) is 86.7 Å². The standard InChI is InChI=1S/C22H19N3O4S/c1-10-6-16-19-12(11(10)2)4-3-5-13(19)15-8-25-17(20(15)23-16)7-14-18(29-30-25)9-28-22(26)21(14)24-27/h6-7,21H,3-5,8-9H2,1-2H3. The molecule has 1 aliphatic carbocycles. The fourth-order valence-electron chi connectivity index (χ4n) is 4.99. The van der Waals surface area contributed by atoms with Crippen molar-refractivity contribution in [1.82, 2.24) is 8.94 Å². The van der Waals surface area contributed by atoms with Crippen molar-refractivity contribution in [1.29, 1.82) is 0 Å². The van der Waals surface area contributed by atoms with E-state index >= 15 is 0 Å². The largest absolute Gasteiger partial charge is 0.455 e. The van der Waals surface area contributed by atoms with Crippen LogP contribution in [0.5, 0.6) is 0 Å². The normalized spacial score (nSPS) is 18.5. The van der Waals surface area contributed by atoms with E-state index in [4.69, 9.17) is 13.6 Å². The fourth-order valence-corrected chi connectivity index (χ4v) is 5.71. The van der Waals surface area contributed by atoms with E-state index in [1.54, 1.807) is 0 Å². The van der Waals surface area contributed by atoms with Crippen LogP contribution in [0.25, 0.3) is 22.3 Å². The Morgan fingerprint density at radius 3 is 2.87 bits per heavy atom. The number of carbonyl (C=O) groups excluding carboxylic acids is 1. The first kappa shape index (κ1) is 17.8. The number of aromatic nitrogens is 2.